The molecule has 0 bridgehead atoms. The number of ether oxygens (including phenoxy) is 2. The van der Waals surface area contributed by atoms with E-state index in [0.29, 0.717) is 38.6 Å². The zero-order valence-electron chi connectivity index (χ0n) is 17.5. The molecule has 3 rings (SSSR count). The number of halogens is 4. The zero-order chi connectivity index (χ0) is 21.1. The van der Waals surface area contributed by atoms with Crippen molar-refractivity contribution in [3.05, 3.63) is 23.8 Å². The summed E-state index contributed by atoms with van der Waals surface area (Å²) in [7, 11) is 0. The Labute approximate surface area is 192 Å². The van der Waals surface area contributed by atoms with Crippen molar-refractivity contribution in [3.63, 3.8) is 0 Å². The molecule has 0 aliphatic carbocycles. The van der Waals surface area contributed by atoms with E-state index in [-0.39, 0.29) is 42.2 Å². The van der Waals surface area contributed by atoms with E-state index in [1.165, 1.54) is 4.90 Å². The van der Waals surface area contributed by atoms with Crippen LogP contribution >= 0.6 is 24.0 Å². The van der Waals surface area contributed by atoms with Gasteiger partial charge in [0, 0.05) is 31.1 Å². The molecular weight excluding hydrogens is 512 g/mol. The fraction of sp³-hybridized carbons (Fsp3) is 0.650. The van der Waals surface area contributed by atoms with Gasteiger partial charge in [0.2, 0.25) is 6.79 Å². The molecule has 0 radical (unpaired) electrons. The van der Waals surface area contributed by atoms with Gasteiger partial charge in [-0.3, -0.25) is 9.89 Å². The van der Waals surface area contributed by atoms with E-state index in [0.717, 1.165) is 17.1 Å². The molecule has 30 heavy (non-hydrogen) atoms. The van der Waals surface area contributed by atoms with E-state index in [1.807, 2.05) is 25.1 Å². The van der Waals surface area contributed by atoms with Crippen LogP contribution < -0.4 is 20.1 Å². The first kappa shape index (κ1) is 24.8. The van der Waals surface area contributed by atoms with Crippen LogP contribution in [0.5, 0.6) is 11.5 Å². The smallest absolute Gasteiger partial charge is 0.401 e. The van der Waals surface area contributed by atoms with Gasteiger partial charge in [0.05, 0.1) is 13.1 Å². The first-order chi connectivity index (χ1) is 13.7. The fourth-order valence-electron chi connectivity index (χ4n) is 3.55. The highest BCUT2D eigenvalue weighted by atomic mass is 127. The van der Waals surface area contributed by atoms with Crippen LogP contribution in [0.1, 0.15) is 32.8 Å². The van der Waals surface area contributed by atoms with Gasteiger partial charge >= 0.3 is 6.18 Å². The number of alkyl halides is 3. The number of likely N-dealkylation sites (tertiary alicyclic amines) is 1. The highest BCUT2D eigenvalue weighted by Gasteiger charge is 2.34. The van der Waals surface area contributed by atoms with Crippen LogP contribution in [0.3, 0.4) is 0 Å². The molecule has 2 aliphatic rings. The van der Waals surface area contributed by atoms with Gasteiger partial charge in [-0.25, -0.2) is 0 Å². The molecular formula is C20H30F3IN4O2. The minimum atomic E-state index is -4.16. The van der Waals surface area contributed by atoms with E-state index in [9.17, 15) is 13.2 Å². The lowest BCUT2D eigenvalue weighted by Crippen LogP contribution is -2.45. The minimum Gasteiger partial charge on any atom is -0.454 e. The molecule has 0 amide bonds. The predicted octanol–water partition coefficient (Wildman–Crippen LogP) is 3.50. The SMILES string of the molecule is CCNC(=NCC(C)(C)c1ccc2c(c1)OCO2)NC1CCN(CC(F)(F)F)C1.I. The lowest BCUT2D eigenvalue weighted by Gasteiger charge is -2.25. The van der Waals surface area contributed by atoms with E-state index in [4.69, 9.17) is 14.5 Å². The van der Waals surface area contributed by atoms with Crippen LogP contribution in [0.15, 0.2) is 23.2 Å². The monoisotopic (exact) mass is 542 g/mol. The molecule has 1 saturated heterocycles. The molecule has 1 aromatic carbocycles. The van der Waals surface area contributed by atoms with Crippen LogP contribution in [0.2, 0.25) is 0 Å². The molecule has 2 aliphatic heterocycles. The average Bonchev–Trinajstić information content (AvgIpc) is 3.27. The second kappa shape index (κ2) is 10.3. The number of benzene rings is 1. The summed E-state index contributed by atoms with van der Waals surface area (Å²) in [5.74, 6) is 2.10. The summed E-state index contributed by atoms with van der Waals surface area (Å²) >= 11 is 0. The normalized spacial score (nSPS) is 19.5. The van der Waals surface area contributed by atoms with Crippen LogP contribution in [0, 0.1) is 0 Å². The van der Waals surface area contributed by atoms with Crippen molar-refractivity contribution in [1.29, 1.82) is 0 Å². The van der Waals surface area contributed by atoms with Gasteiger partial charge in [0.1, 0.15) is 0 Å². The third-order valence-corrected chi connectivity index (χ3v) is 5.15. The van der Waals surface area contributed by atoms with Crippen LogP contribution in [-0.2, 0) is 5.41 Å². The summed E-state index contributed by atoms with van der Waals surface area (Å²) in [5, 5.41) is 6.48. The predicted molar refractivity (Wildman–Crippen MR) is 121 cm³/mol. The van der Waals surface area contributed by atoms with E-state index >= 15 is 0 Å². The molecule has 0 aromatic heterocycles. The van der Waals surface area contributed by atoms with Crippen molar-refractivity contribution in [2.24, 2.45) is 4.99 Å². The van der Waals surface area contributed by atoms with Gasteiger partial charge in [0.15, 0.2) is 17.5 Å². The molecule has 10 heteroatoms. The van der Waals surface area contributed by atoms with Crippen molar-refractivity contribution in [2.45, 2.75) is 44.8 Å². The van der Waals surface area contributed by atoms with E-state index < -0.39 is 12.7 Å². The number of aliphatic imine (C=N–C) groups is 1. The summed E-state index contributed by atoms with van der Waals surface area (Å²) < 4.78 is 48.6. The summed E-state index contributed by atoms with van der Waals surface area (Å²) in [4.78, 5) is 6.13. The number of nitrogens with one attached hydrogen (secondary N) is 2. The van der Waals surface area contributed by atoms with Crippen molar-refractivity contribution >= 4 is 29.9 Å². The Morgan fingerprint density at radius 1 is 1.23 bits per heavy atom. The molecule has 6 nitrogen and oxygen atoms in total. The third-order valence-electron chi connectivity index (χ3n) is 5.15. The maximum Gasteiger partial charge on any atom is 0.401 e. The first-order valence-electron chi connectivity index (χ1n) is 9.90. The van der Waals surface area contributed by atoms with Gasteiger partial charge in [-0.1, -0.05) is 19.9 Å². The average molecular weight is 542 g/mol. The van der Waals surface area contributed by atoms with Gasteiger partial charge in [0.25, 0.3) is 0 Å². The lowest BCUT2D eigenvalue weighted by atomic mass is 9.84. The largest absolute Gasteiger partial charge is 0.454 e. The molecule has 1 unspecified atom stereocenters. The summed E-state index contributed by atoms with van der Waals surface area (Å²) in [6.45, 7) is 7.50. The van der Waals surface area contributed by atoms with Gasteiger partial charge < -0.3 is 20.1 Å². The molecule has 1 atom stereocenters. The highest BCUT2D eigenvalue weighted by Crippen LogP contribution is 2.36. The molecule has 2 heterocycles. The number of hydrogen-bond donors (Lipinski definition) is 2. The molecule has 170 valence electrons. The molecule has 0 saturated carbocycles. The van der Waals surface area contributed by atoms with Crippen molar-refractivity contribution in [2.75, 3.05) is 39.5 Å². The Kier molecular flexibility index (Phi) is 8.49. The third kappa shape index (κ3) is 6.79. The van der Waals surface area contributed by atoms with Crippen LogP contribution in [-0.4, -0.2) is 62.6 Å². The second-order valence-corrected chi connectivity index (χ2v) is 8.13. The quantitative estimate of drug-likeness (QED) is 0.328. The van der Waals surface area contributed by atoms with Gasteiger partial charge in [-0.05, 0) is 31.0 Å². The Bertz CT molecular complexity index is 743. The standard InChI is InChI=1S/C20H29F3N4O2.HI/c1-4-24-18(26-15-7-8-27(10-15)12-20(21,22)23)25-11-19(2,3)14-5-6-16-17(9-14)29-13-28-16;/h5-6,9,15H,4,7-8,10-13H2,1-3H3,(H2,24,25,26);1H. The summed E-state index contributed by atoms with van der Waals surface area (Å²) in [6, 6.07) is 5.84. The number of hydrogen-bond acceptors (Lipinski definition) is 4. The second-order valence-electron chi connectivity index (χ2n) is 8.13. The Balaban J connectivity index is 0.00000320. The number of fused-ring (bicyclic) bond motifs is 1. The van der Waals surface area contributed by atoms with Gasteiger partial charge in [-0.15, -0.1) is 24.0 Å². The molecule has 2 N–H and O–H groups in total. The van der Waals surface area contributed by atoms with Crippen LogP contribution in [0.4, 0.5) is 13.2 Å². The molecule has 0 spiro atoms. The molecule has 1 aromatic rings. The number of guanidine groups is 1. The van der Waals surface area contributed by atoms with Crippen molar-refractivity contribution in [1.82, 2.24) is 15.5 Å². The lowest BCUT2D eigenvalue weighted by molar-refractivity contribution is -0.143. The van der Waals surface area contributed by atoms with Crippen molar-refractivity contribution in [3.8, 4) is 11.5 Å². The highest BCUT2D eigenvalue weighted by molar-refractivity contribution is 14.0. The zero-order valence-corrected chi connectivity index (χ0v) is 19.8. The van der Waals surface area contributed by atoms with E-state index in [2.05, 4.69) is 24.5 Å². The van der Waals surface area contributed by atoms with Gasteiger partial charge in [-0.2, -0.15) is 13.2 Å². The Hall–Kier alpha value is -1.43. The van der Waals surface area contributed by atoms with Crippen molar-refractivity contribution < 1.29 is 22.6 Å². The maximum atomic E-state index is 12.6. The Morgan fingerprint density at radius 3 is 2.67 bits per heavy atom. The van der Waals surface area contributed by atoms with E-state index in [1.54, 1.807) is 0 Å². The maximum absolute atomic E-state index is 12.6. The first-order valence-corrected chi connectivity index (χ1v) is 9.90. The topological polar surface area (TPSA) is 58.1 Å². The minimum absolute atomic E-state index is 0. The number of rotatable bonds is 6. The fourth-order valence-corrected chi connectivity index (χ4v) is 3.55. The number of nitrogens with zero attached hydrogens (tertiary/aromatic N) is 2. The summed E-state index contributed by atoms with van der Waals surface area (Å²) in [6.07, 6.45) is -3.51. The molecule has 1 fully saturated rings. The Morgan fingerprint density at radius 2 is 1.97 bits per heavy atom. The van der Waals surface area contributed by atoms with Crippen LogP contribution in [0.25, 0.3) is 0 Å². The summed E-state index contributed by atoms with van der Waals surface area (Å²) in [5.41, 5.74) is 0.833.